The van der Waals surface area contributed by atoms with Crippen molar-refractivity contribution in [3.05, 3.63) is 58.9 Å². The van der Waals surface area contributed by atoms with Crippen LogP contribution >= 0.6 is 15.9 Å². The minimum absolute atomic E-state index is 0.0471. The summed E-state index contributed by atoms with van der Waals surface area (Å²) in [4.78, 5) is 16.7. The number of benzene rings is 1. The molecule has 0 unspecified atom stereocenters. The van der Waals surface area contributed by atoms with Crippen molar-refractivity contribution in [1.82, 2.24) is 9.55 Å². The fourth-order valence-electron chi connectivity index (χ4n) is 2.83. The fourth-order valence-corrected chi connectivity index (χ4v) is 3.11. The van der Waals surface area contributed by atoms with Crippen LogP contribution in [0.1, 0.15) is 27.2 Å². The zero-order chi connectivity index (χ0) is 17.3. The maximum absolute atomic E-state index is 12.4. The van der Waals surface area contributed by atoms with Crippen LogP contribution in [0.4, 0.5) is 0 Å². The minimum atomic E-state index is -0.123. The van der Waals surface area contributed by atoms with Gasteiger partial charge in [-0.25, -0.2) is 0 Å². The predicted molar refractivity (Wildman–Crippen MR) is 94.6 cm³/mol. The van der Waals surface area contributed by atoms with Gasteiger partial charge in [-0.1, -0.05) is 15.9 Å². The molecule has 0 saturated carbocycles. The van der Waals surface area contributed by atoms with E-state index >= 15 is 0 Å². The number of carbonyl (C=O) groups excluding carboxylic acids is 1. The number of aliphatic hydroxyl groups excluding tert-OH is 1. The van der Waals surface area contributed by atoms with Crippen LogP contribution in [0.15, 0.2) is 36.5 Å². The highest BCUT2D eigenvalue weighted by atomic mass is 79.9. The number of pyridine rings is 1. The number of alkyl halides is 1. The summed E-state index contributed by atoms with van der Waals surface area (Å²) < 4.78 is 1.93. The maximum Gasteiger partial charge on any atom is 0.177 e. The van der Waals surface area contributed by atoms with Gasteiger partial charge in [0, 0.05) is 17.6 Å². The van der Waals surface area contributed by atoms with Gasteiger partial charge < -0.3 is 9.67 Å². The molecule has 3 aromatic rings. The topological polar surface area (TPSA) is 78.9 Å². The molecule has 0 bridgehead atoms. The molecule has 3 rings (SSSR count). The first-order valence-corrected chi connectivity index (χ1v) is 8.43. The van der Waals surface area contributed by atoms with E-state index in [0.29, 0.717) is 22.2 Å². The largest absolute Gasteiger partial charge is 0.392 e. The van der Waals surface area contributed by atoms with E-state index in [1.165, 1.54) is 0 Å². The summed E-state index contributed by atoms with van der Waals surface area (Å²) >= 11 is 3.22. The number of carbonyl (C=O) groups is 1. The Labute approximate surface area is 147 Å². The number of hydrogen-bond acceptors (Lipinski definition) is 4. The highest BCUT2D eigenvalue weighted by Gasteiger charge is 2.21. The van der Waals surface area contributed by atoms with Crippen molar-refractivity contribution in [1.29, 1.82) is 5.26 Å². The Morgan fingerprint density at radius 3 is 2.67 bits per heavy atom. The van der Waals surface area contributed by atoms with Crippen LogP contribution in [0.25, 0.3) is 16.7 Å². The summed E-state index contributed by atoms with van der Waals surface area (Å²) in [6.45, 7) is 1.75. The predicted octanol–water partition coefficient (Wildman–Crippen LogP) is 3.28. The Kier molecular flexibility index (Phi) is 4.47. The second-order valence-electron chi connectivity index (χ2n) is 5.38. The van der Waals surface area contributed by atoms with E-state index in [0.717, 1.165) is 16.9 Å². The van der Waals surface area contributed by atoms with Crippen molar-refractivity contribution < 1.29 is 9.90 Å². The average molecular weight is 384 g/mol. The monoisotopic (exact) mass is 383 g/mol. The molecule has 0 saturated heterocycles. The van der Waals surface area contributed by atoms with Crippen molar-refractivity contribution in [2.24, 2.45) is 0 Å². The van der Waals surface area contributed by atoms with Gasteiger partial charge >= 0.3 is 0 Å². The first-order chi connectivity index (χ1) is 11.6. The van der Waals surface area contributed by atoms with Gasteiger partial charge in [-0.2, -0.15) is 5.26 Å². The molecule has 120 valence electrons. The number of aromatic nitrogens is 2. The highest BCUT2D eigenvalue weighted by Crippen LogP contribution is 2.29. The third-order valence-corrected chi connectivity index (χ3v) is 4.45. The second-order valence-corrected chi connectivity index (χ2v) is 5.94. The molecule has 0 radical (unpaired) electrons. The maximum atomic E-state index is 12.4. The Hall–Kier alpha value is -2.49. The first-order valence-electron chi connectivity index (χ1n) is 7.31. The van der Waals surface area contributed by atoms with Crippen molar-refractivity contribution in [2.75, 3.05) is 5.33 Å². The molecular formula is C18H14BrN3O2. The molecule has 1 N–H and O–H groups in total. The van der Waals surface area contributed by atoms with Gasteiger partial charge in [-0.05, 0) is 42.8 Å². The van der Waals surface area contributed by atoms with Gasteiger partial charge in [-0.15, -0.1) is 0 Å². The number of aliphatic hydroxyl groups is 1. The molecule has 24 heavy (non-hydrogen) atoms. The van der Waals surface area contributed by atoms with Crippen LogP contribution in [-0.2, 0) is 6.61 Å². The Morgan fingerprint density at radius 1 is 1.38 bits per heavy atom. The van der Waals surface area contributed by atoms with Gasteiger partial charge in [0.1, 0.15) is 0 Å². The van der Waals surface area contributed by atoms with E-state index in [1.54, 1.807) is 18.3 Å². The van der Waals surface area contributed by atoms with Gasteiger partial charge in [0.2, 0.25) is 0 Å². The zero-order valence-electron chi connectivity index (χ0n) is 13.0. The molecule has 6 heteroatoms. The number of rotatable bonds is 4. The molecule has 0 spiro atoms. The summed E-state index contributed by atoms with van der Waals surface area (Å²) in [5.74, 6) is -0.0471. The summed E-state index contributed by atoms with van der Waals surface area (Å²) in [6, 6.07) is 11.1. The molecule has 2 heterocycles. The number of nitriles is 1. The molecule has 1 aromatic carbocycles. The SMILES string of the molecule is Cc1c(C(=O)CBr)c2ncc(CO)cc2n1-c1ccc(C#N)cc1. The number of Topliss-reactive ketones (excluding diaryl/α,β-unsaturated/α-hetero) is 1. The molecule has 0 atom stereocenters. The average Bonchev–Trinajstić information content (AvgIpc) is 2.92. The highest BCUT2D eigenvalue weighted by molar-refractivity contribution is 9.09. The third-order valence-electron chi connectivity index (χ3n) is 3.94. The standard InChI is InChI=1S/C18H14BrN3O2/c1-11-17(16(24)7-19)18-15(6-13(10-23)9-21-18)22(11)14-4-2-12(8-20)3-5-14/h2-6,9,23H,7,10H2,1H3. The Balaban J connectivity index is 2.34. The number of ketones is 1. The molecule has 0 aliphatic carbocycles. The molecule has 2 aromatic heterocycles. The van der Waals surface area contributed by atoms with Gasteiger partial charge in [0.15, 0.2) is 5.78 Å². The van der Waals surface area contributed by atoms with Gasteiger partial charge in [0.05, 0.1) is 40.2 Å². The summed E-state index contributed by atoms with van der Waals surface area (Å²) in [6.07, 6.45) is 1.58. The molecule has 0 aliphatic rings. The lowest BCUT2D eigenvalue weighted by Gasteiger charge is -2.09. The van der Waals surface area contributed by atoms with Crippen LogP contribution in [0, 0.1) is 18.3 Å². The van der Waals surface area contributed by atoms with Crippen molar-refractivity contribution in [2.45, 2.75) is 13.5 Å². The van der Waals surface area contributed by atoms with E-state index in [9.17, 15) is 9.90 Å². The second kappa shape index (κ2) is 6.56. The van der Waals surface area contributed by atoms with E-state index in [1.807, 2.05) is 29.7 Å². The molecule has 0 amide bonds. The van der Waals surface area contributed by atoms with Gasteiger partial charge in [0.25, 0.3) is 0 Å². The number of halogens is 1. The number of nitrogens with zero attached hydrogens (tertiary/aromatic N) is 3. The van der Waals surface area contributed by atoms with Crippen LogP contribution in [0.3, 0.4) is 0 Å². The van der Waals surface area contributed by atoms with Crippen LogP contribution in [-0.4, -0.2) is 25.8 Å². The van der Waals surface area contributed by atoms with Crippen molar-refractivity contribution >= 4 is 32.7 Å². The number of fused-ring (bicyclic) bond motifs is 1. The van der Waals surface area contributed by atoms with Crippen LogP contribution in [0.2, 0.25) is 0 Å². The van der Waals surface area contributed by atoms with Crippen molar-refractivity contribution in [3.63, 3.8) is 0 Å². The molecular weight excluding hydrogens is 370 g/mol. The van der Waals surface area contributed by atoms with E-state index in [-0.39, 0.29) is 17.7 Å². The first kappa shape index (κ1) is 16.4. The third kappa shape index (κ3) is 2.62. The Bertz CT molecular complexity index is 969. The fraction of sp³-hybridized carbons (Fsp3) is 0.167. The quantitative estimate of drug-likeness (QED) is 0.553. The lowest BCUT2D eigenvalue weighted by Crippen LogP contribution is -2.04. The summed E-state index contributed by atoms with van der Waals surface area (Å²) in [5, 5.41) is 18.6. The molecule has 0 aliphatic heterocycles. The van der Waals surface area contributed by atoms with Gasteiger partial charge in [-0.3, -0.25) is 9.78 Å². The molecule has 5 nitrogen and oxygen atoms in total. The Morgan fingerprint density at radius 2 is 2.08 bits per heavy atom. The summed E-state index contributed by atoms with van der Waals surface area (Å²) in [5.41, 5.74) is 4.79. The normalized spacial score (nSPS) is 10.8. The molecule has 0 fully saturated rings. The number of hydrogen-bond donors (Lipinski definition) is 1. The van der Waals surface area contributed by atoms with Crippen molar-refractivity contribution in [3.8, 4) is 11.8 Å². The van der Waals surface area contributed by atoms with E-state index in [2.05, 4.69) is 27.0 Å². The summed E-state index contributed by atoms with van der Waals surface area (Å²) in [7, 11) is 0. The lowest BCUT2D eigenvalue weighted by atomic mass is 10.1. The van der Waals surface area contributed by atoms with E-state index < -0.39 is 0 Å². The smallest absolute Gasteiger partial charge is 0.177 e. The lowest BCUT2D eigenvalue weighted by molar-refractivity contribution is 0.102. The van der Waals surface area contributed by atoms with Crippen LogP contribution < -0.4 is 0 Å². The van der Waals surface area contributed by atoms with E-state index in [4.69, 9.17) is 5.26 Å². The van der Waals surface area contributed by atoms with Crippen LogP contribution in [0.5, 0.6) is 0 Å². The zero-order valence-corrected chi connectivity index (χ0v) is 14.5. The minimum Gasteiger partial charge on any atom is -0.392 e.